The summed E-state index contributed by atoms with van der Waals surface area (Å²) in [6.07, 6.45) is 13.8. The van der Waals surface area contributed by atoms with Crippen molar-refractivity contribution in [3.63, 3.8) is 0 Å². The average molecular weight is 409 g/mol. The van der Waals surface area contributed by atoms with Crippen molar-refractivity contribution in [2.24, 2.45) is 0 Å². The molecule has 4 rings (SSSR count). The predicted octanol–water partition coefficient (Wildman–Crippen LogP) is 7.22. The minimum Gasteiger partial charge on any atom is -0.230 e. The third kappa shape index (κ3) is 6.34. The van der Waals surface area contributed by atoms with Gasteiger partial charge in [0, 0.05) is 37.3 Å². The number of rotatable bonds is 8. The lowest BCUT2D eigenvalue weighted by atomic mass is 9.95. The quantitative estimate of drug-likeness (QED) is 0.426. The smallest absolute Gasteiger partial charge is 0.0355 e. The molecule has 0 heterocycles. The van der Waals surface area contributed by atoms with Crippen LogP contribution in [0.4, 0.5) is 0 Å². The molecule has 2 aromatic rings. The maximum Gasteiger partial charge on any atom is 0.0355 e. The van der Waals surface area contributed by atoms with E-state index in [9.17, 15) is 0 Å². The Bertz CT molecular complexity index is 632. The highest BCUT2D eigenvalue weighted by Crippen LogP contribution is 2.36. The van der Waals surface area contributed by atoms with Crippen LogP contribution in [0.3, 0.4) is 0 Å². The van der Waals surface area contributed by atoms with Gasteiger partial charge in [-0.15, -0.1) is 0 Å². The fourth-order valence-electron chi connectivity index (χ4n) is 4.85. The Morgan fingerprint density at radius 2 is 0.931 bits per heavy atom. The second kappa shape index (κ2) is 11.2. The fraction of sp³-hybridized carbons (Fsp3) is 0.538. The molecule has 2 aliphatic rings. The maximum atomic E-state index is 2.73. The molecule has 0 unspecified atom stereocenters. The van der Waals surface area contributed by atoms with Gasteiger partial charge in [-0.1, -0.05) is 99.2 Å². The van der Waals surface area contributed by atoms with E-state index in [2.05, 4.69) is 81.4 Å². The molecule has 2 aliphatic carbocycles. The lowest BCUT2D eigenvalue weighted by Gasteiger charge is -2.40. The van der Waals surface area contributed by atoms with Gasteiger partial charge in [-0.3, -0.25) is 0 Å². The highest BCUT2D eigenvalue weighted by molar-refractivity contribution is 7.94. The van der Waals surface area contributed by atoms with E-state index in [4.69, 9.17) is 0 Å². The first-order valence-electron chi connectivity index (χ1n) is 11.7. The van der Waals surface area contributed by atoms with Gasteiger partial charge in [-0.05, 0) is 36.8 Å². The van der Waals surface area contributed by atoms with Gasteiger partial charge in [0.25, 0.3) is 0 Å². The molecule has 0 atom stereocenters. The Labute approximate surface area is 181 Å². The molecule has 0 amide bonds. The summed E-state index contributed by atoms with van der Waals surface area (Å²) < 4.78 is 5.46. The van der Waals surface area contributed by atoms with Crippen LogP contribution in [0.2, 0.25) is 0 Å². The monoisotopic (exact) mass is 408 g/mol. The van der Waals surface area contributed by atoms with Crippen molar-refractivity contribution in [3.05, 3.63) is 71.8 Å². The molecule has 156 valence electrons. The number of hydrogen-bond acceptors (Lipinski definition) is 3. The Kier molecular flexibility index (Phi) is 8.09. The summed E-state index contributed by atoms with van der Waals surface area (Å²) in [7, 11) is 0. The van der Waals surface area contributed by atoms with E-state index in [1.807, 2.05) is 0 Å². The van der Waals surface area contributed by atoms with Crippen molar-refractivity contribution in [1.29, 1.82) is 0 Å². The third-order valence-electron chi connectivity index (χ3n) is 6.54. The molecular formula is C26H36N2S. The number of benzene rings is 2. The van der Waals surface area contributed by atoms with E-state index in [0.29, 0.717) is 12.1 Å². The van der Waals surface area contributed by atoms with Crippen molar-refractivity contribution >= 4 is 12.1 Å². The van der Waals surface area contributed by atoms with Crippen LogP contribution in [0.25, 0.3) is 0 Å². The van der Waals surface area contributed by atoms with Crippen LogP contribution in [0, 0.1) is 0 Å². The normalized spacial score (nSPS) is 19.1. The lowest BCUT2D eigenvalue weighted by Crippen LogP contribution is -2.39. The minimum atomic E-state index is 0.704. The zero-order valence-corrected chi connectivity index (χ0v) is 18.5. The predicted molar refractivity (Wildman–Crippen MR) is 125 cm³/mol. The van der Waals surface area contributed by atoms with E-state index < -0.39 is 0 Å². The standard InChI is InChI=1S/C26H36N2S/c1-5-13-23(14-6-1)21-27(25-17-9-3-10-18-25)29-28(26-19-11-4-12-20-26)22-24-15-7-2-8-16-24/h1-2,5-8,13-16,25-26H,3-4,9-12,17-22H2. The molecule has 29 heavy (non-hydrogen) atoms. The zero-order valence-electron chi connectivity index (χ0n) is 17.7. The van der Waals surface area contributed by atoms with Gasteiger partial charge in [-0.25, -0.2) is 8.61 Å². The van der Waals surface area contributed by atoms with E-state index in [0.717, 1.165) is 13.1 Å². The molecule has 2 aromatic carbocycles. The lowest BCUT2D eigenvalue weighted by molar-refractivity contribution is 0.227. The molecule has 2 fully saturated rings. The first-order valence-corrected chi connectivity index (χ1v) is 12.4. The molecule has 0 radical (unpaired) electrons. The number of nitrogens with zero attached hydrogens (tertiary/aromatic N) is 2. The molecule has 0 spiro atoms. The first kappa shape index (κ1) is 21.0. The Hall–Kier alpha value is -1.29. The summed E-state index contributed by atoms with van der Waals surface area (Å²) in [5.41, 5.74) is 2.88. The Balaban J connectivity index is 1.52. The highest BCUT2D eigenvalue weighted by Gasteiger charge is 2.28. The molecule has 0 N–H and O–H groups in total. The second-order valence-corrected chi connectivity index (χ2v) is 9.89. The van der Waals surface area contributed by atoms with Gasteiger partial charge in [-0.2, -0.15) is 0 Å². The summed E-state index contributed by atoms with van der Waals surface area (Å²) in [6, 6.07) is 23.6. The molecule has 2 nitrogen and oxygen atoms in total. The van der Waals surface area contributed by atoms with Crippen molar-refractivity contribution < 1.29 is 0 Å². The van der Waals surface area contributed by atoms with Crippen LogP contribution in [-0.4, -0.2) is 20.7 Å². The van der Waals surface area contributed by atoms with Gasteiger partial charge in [0.15, 0.2) is 0 Å². The van der Waals surface area contributed by atoms with Gasteiger partial charge >= 0.3 is 0 Å². The third-order valence-corrected chi connectivity index (χ3v) is 7.81. The zero-order chi connectivity index (χ0) is 19.7. The van der Waals surface area contributed by atoms with Crippen molar-refractivity contribution in [1.82, 2.24) is 8.61 Å². The van der Waals surface area contributed by atoms with E-state index >= 15 is 0 Å². The Morgan fingerprint density at radius 1 is 0.552 bits per heavy atom. The maximum absolute atomic E-state index is 2.73. The van der Waals surface area contributed by atoms with Crippen LogP contribution < -0.4 is 0 Å². The topological polar surface area (TPSA) is 6.48 Å². The largest absolute Gasteiger partial charge is 0.230 e. The molecule has 2 saturated carbocycles. The SMILES string of the molecule is c1ccc(CN(SN(Cc2ccccc2)C2CCCCC2)C2CCCCC2)cc1. The summed E-state index contributed by atoms with van der Waals surface area (Å²) in [6.45, 7) is 2.10. The van der Waals surface area contributed by atoms with Gasteiger partial charge in [0.05, 0.1) is 0 Å². The van der Waals surface area contributed by atoms with E-state index in [-0.39, 0.29) is 0 Å². The summed E-state index contributed by atoms with van der Waals surface area (Å²) >= 11 is 2.06. The fourth-order valence-corrected chi connectivity index (χ4v) is 6.22. The minimum absolute atomic E-state index is 0.704. The van der Waals surface area contributed by atoms with Gasteiger partial charge in [0.1, 0.15) is 0 Å². The van der Waals surface area contributed by atoms with Crippen LogP contribution in [0.1, 0.15) is 75.3 Å². The van der Waals surface area contributed by atoms with Gasteiger partial charge < -0.3 is 0 Å². The van der Waals surface area contributed by atoms with E-state index in [1.165, 1.54) is 75.3 Å². The van der Waals surface area contributed by atoms with Crippen molar-refractivity contribution in [3.8, 4) is 0 Å². The molecular weight excluding hydrogens is 372 g/mol. The van der Waals surface area contributed by atoms with Crippen LogP contribution in [0.15, 0.2) is 60.7 Å². The van der Waals surface area contributed by atoms with Crippen molar-refractivity contribution in [2.75, 3.05) is 0 Å². The molecule has 0 aliphatic heterocycles. The van der Waals surface area contributed by atoms with Crippen LogP contribution >= 0.6 is 12.1 Å². The summed E-state index contributed by atoms with van der Waals surface area (Å²) in [4.78, 5) is 0. The Morgan fingerprint density at radius 3 is 1.31 bits per heavy atom. The molecule has 3 heteroatoms. The molecule has 0 aromatic heterocycles. The highest BCUT2D eigenvalue weighted by atomic mass is 32.2. The second-order valence-electron chi connectivity index (χ2n) is 8.79. The molecule has 0 bridgehead atoms. The van der Waals surface area contributed by atoms with Crippen LogP contribution in [0.5, 0.6) is 0 Å². The first-order chi connectivity index (χ1) is 14.4. The van der Waals surface area contributed by atoms with Gasteiger partial charge in [0.2, 0.25) is 0 Å². The van der Waals surface area contributed by atoms with E-state index in [1.54, 1.807) is 0 Å². The molecule has 0 saturated heterocycles. The number of hydrogen-bond donors (Lipinski definition) is 0. The summed E-state index contributed by atoms with van der Waals surface area (Å²) in [5.74, 6) is 0. The van der Waals surface area contributed by atoms with Crippen molar-refractivity contribution in [2.45, 2.75) is 89.4 Å². The van der Waals surface area contributed by atoms with Crippen LogP contribution in [-0.2, 0) is 13.1 Å². The summed E-state index contributed by atoms with van der Waals surface area (Å²) in [5, 5.41) is 0. The average Bonchev–Trinajstić information content (AvgIpc) is 2.81.